The molecule has 100 valence electrons. The number of rotatable bonds is 5. The summed E-state index contributed by atoms with van der Waals surface area (Å²) in [6.07, 6.45) is 1.20. The van der Waals surface area contributed by atoms with Crippen molar-refractivity contribution in [2.24, 2.45) is 0 Å². The number of nitrogens with one attached hydrogen (secondary N) is 2. The van der Waals surface area contributed by atoms with E-state index in [9.17, 15) is 0 Å². The van der Waals surface area contributed by atoms with E-state index < -0.39 is 0 Å². The highest BCUT2D eigenvalue weighted by Crippen LogP contribution is 2.20. The van der Waals surface area contributed by atoms with Gasteiger partial charge in [-0.15, -0.1) is 0 Å². The van der Waals surface area contributed by atoms with E-state index in [0.717, 1.165) is 24.1 Å². The standard InChI is InChI=1S/C14H22BrN3/c1-12-3-4-13(15)11-14(12)17-5-2-8-18-9-6-16-7-10-18/h3-4,11,16-17H,2,5-10H2,1H3. The fourth-order valence-corrected chi connectivity index (χ4v) is 2.61. The summed E-state index contributed by atoms with van der Waals surface area (Å²) in [5.74, 6) is 0. The number of hydrogen-bond acceptors (Lipinski definition) is 3. The molecular formula is C14H22BrN3. The van der Waals surface area contributed by atoms with Crippen molar-refractivity contribution in [3.8, 4) is 0 Å². The minimum atomic E-state index is 1.04. The second-order valence-corrected chi connectivity index (χ2v) is 5.75. The fourth-order valence-electron chi connectivity index (χ4n) is 2.25. The van der Waals surface area contributed by atoms with Crippen LogP contribution in [0.5, 0.6) is 0 Å². The summed E-state index contributed by atoms with van der Waals surface area (Å²) in [7, 11) is 0. The second-order valence-electron chi connectivity index (χ2n) is 4.83. The van der Waals surface area contributed by atoms with Crippen molar-refractivity contribution in [1.29, 1.82) is 0 Å². The van der Waals surface area contributed by atoms with Crippen LogP contribution >= 0.6 is 15.9 Å². The number of halogens is 1. The van der Waals surface area contributed by atoms with E-state index in [2.05, 4.69) is 56.6 Å². The minimum Gasteiger partial charge on any atom is -0.385 e. The van der Waals surface area contributed by atoms with Gasteiger partial charge in [0, 0.05) is 42.9 Å². The zero-order valence-electron chi connectivity index (χ0n) is 11.0. The first-order chi connectivity index (χ1) is 8.75. The van der Waals surface area contributed by atoms with Crippen molar-refractivity contribution in [3.05, 3.63) is 28.2 Å². The van der Waals surface area contributed by atoms with Crippen LogP contribution in [0.4, 0.5) is 5.69 Å². The predicted octanol–water partition coefficient (Wildman–Crippen LogP) is 2.46. The molecule has 0 saturated carbocycles. The van der Waals surface area contributed by atoms with Crippen molar-refractivity contribution >= 4 is 21.6 Å². The summed E-state index contributed by atoms with van der Waals surface area (Å²) in [5.41, 5.74) is 2.55. The average Bonchev–Trinajstić information content (AvgIpc) is 2.40. The van der Waals surface area contributed by atoms with Gasteiger partial charge in [-0.3, -0.25) is 0 Å². The molecule has 1 aromatic rings. The Hall–Kier alpha value is -0.580. The molecular weight excluding hydrogens is 290 g/mol. The molecule has 0 bridgehead atoms. The smallest absolute Gasteiger partial charge is 0.0381 e. The maximum absolute atomic E-state index is 3.52. The van der Waals surface area contributed by atoms with E-state index >= 15 is 0 Å². The number of aryl methyl sites for hydroxylation is 1. The number of benzene rings is 1. The maximum Gasteiger partial charge on any atom is 0.0381 e. The Morgan fingerprint density at radius 1 is 1.33 bits per heavy atom. The number of anilines is 1. The first-order valence-electron chi connectivity index (χ1n) is 6.69. The molecule has 0 atom stereocenters. The van der Waals surface area contributed by atoms with Crippen LogP contribution in [0.15, 0.2) is 22.7 Å². The molecule has 0 amide bonds. The molecule has 0 radical (unpaired) electrons. The van der Waals surface area contributed by atoms with Crippen molar-refractivity contribution in [1.82, 2.24) is 10.2 Å². The number of hydrogen-bond donors (Lipinski definition) is 2. The van der Waals surface area contributed by atoms with Gasteiger partial charge in [0.2, 0.25) is 0 Å². The van der Waals surface area contributed by atoms with Crippen LogP contribution in [0.2, 0.25) is 0 Å². The van der Waals surface area contributed by atoms with Crippen LogP contribution in [0.3, 0.4) is 0 Å². The summed E-state index contributed by atoms with van der Waals surface area (Å²) in [5, 5.41) is 6.90. The van der Waals surface area contributed by atoms with Crippen molar-refractivity contribution < 1.29 is 0 Å². The van der Waals surface area contributed by atoms with Crippen LogP contribution in [-0.2, 0) is 0 Å². The quantitative estimate of drug-likeness (QED) is 0.818. The lowest BCUT2D eigenvalue weighted by molar-refractivity contribution is 0.240. The second kappa shape index (κ2) is 7.12. The van der Waals surface area contributed by atoms with E-state index in [-0.39, 0.29) is 0 Å². The molecule has 0 aliphatic carbocycles. The fraction of sp³-hybridized carbons (Fsp3) is 0.571. The first-order valence-corrected chi connectivity index (χ1v) is 7.48. The number of nitrogens with zero attached hydrogens (tertiary/aromatic N) is 1. The van der Waals surface area contributed by atoms with E-state index in [4.69, 9.17) is 0 Å². The highest BCUT2D eigenvalue weighted by atomic mass is 79.9. The molecule has 2 rings (SSSR count). The van der Waals surface area contributed by atoms with Crippen LogP contribution in [0.1, 0.15) is 12.0 Å². The largest absolute Gasteiger partial charge is 0.385 e. The summed E-state index contributed by atoms with van der Waals surface area (Å²) in [6.45, 7) is 9.04. The van der Waals surface area contributed by atoms with Gasteiger partial charge in [-0.05, 0) is 37.6 Å². The van der Waals surface area contributed by atoms with Crippen molar-refractivity contribution in [2.45, 2.75) is 13.3 Å². The normalized spacial score (nSPS) is 16.8. The van der Waals surface area contributed by atoms with Gasteiger partial charge in [-0.25, -0.2) is 0 Å². The van der Waals surface area contributed by atoms with Crippen LogP contribution in [0.25, 0.3) is 0 Å². The highest BCUT2D eigenvalue weighted by molar-refractivity contribution is 9.10. The average molecular weight is 312 g/mol. The Kier molecular flexibility index (Phi) is 5.47. The van der Waals surface area contributed by atoms with Gasteiger partial charge >= 0.3 is 0 Å². The van der Waals surface area contributed by atoms with Gasteiger partial charge in [0.25, 0.3) is 0 Å². The molecule has 4 heteroatoms. The van der Waals surface area contributed by atoms with Gasteiger partial charge in [0.1, 0.15) is 0 Å². The molecule has 1 fully saturated rings. The monoisotopic (exact) mass is 311 g/mol. The summed E-state index contributed by atoms with van der Waals surface area (Å²) < 4.78 is 1.14. The van der Waals surface area contributed by atoms with Gasteiger partial charge in [-0.1, -0.05) is 22.0 Å². The zero-order valence-corrected chi connectivity index (χ0v) is 12.6. The molecule has 2 N–H and O–H groups in total. The highest BCUT2D eigenvalue weighted by Gasteiger charge is 2.08. The number of piperazine rings is 1. The van der Waals surface area contributed by atoms with Crippen LogP contribution < -0.4 is 10.6 Å². The summed E-state index contributed by atoms with van der Waals surface area (Å²) in [4.78, 5) is 2.53. The predicted molar refractivity (Wildman–Crippen MR) is 81.3 cm³/mol. The Bertz CT molecular complexity index is 375. The topological polar surface area (TPSA) is 27.3 Å². The molecule has 0 unspecified atom stereocenters. The molecule has 0 aromatic heterocycles. The Labute approximate surface area is 118 Å². The third-order valence-electron chi connectivity index (χ3n) is 3.38. The molecule has 3 nitrogen and oxygen atoms in total. The molecule has 18 heavy (non-hydrogen) atoms. The zero-order chi connectivity index (χ0) is 12.8. The van der Waals surface area contributed by atoms with Crippen LogP contribution in [0, 0.1) is 6.92 Å². The van der Waals surface area contributed by atoms with E-state index in [1.54, 1.807) is 0 Å². The third kappa shape index (κ3) is 4.26. The molecule has 1 saturated heterocycles. The van der Waals surface area contributed by atoms with Crippen LogP contribution in [-0.4, -0.2) is 44.2 Å². The molecule has 1 aromatic carbocycles. The third-order valence-corrected chi connectivity index (χ3v) is 3.87. The SMILES string of the molecule is Cc1ccc(Br)cc1NCCCN1CCNCC1. The molecule has 1 aliphatic heterocycles. The van der Waals surface area contributed by atoms with Gasteiger partial charge < -0.3 is 15.5 Å². The Morgan fingerprint density at radius 3 is 2.89 bits per heavy atom. The lowest BCUT2D eigenvalue weighted by Gasteiger charge is -2.27. The van der Waals surface area contributed by atoms with Gasteiger partial charge in [-0.2, -0.15) is 0 Å². The Morgan fingerprint density at radius 2 is 2.11 bits per heavy atom. The van der Waals surface area contributed by atoms with E-state index in [1.807, 2.05) is 0 Å². The summed E-state index contributed by atoms with van der Waals surface area (Å²) in [6, 6.07) is 6.38. The summed E-state index contributed by atoms with van der Waals surface area (Å²) >= 11 is 3.51. The van der Waals surface area contributed by atoms with Crippen molar-refractivity contribution in [3.63, 3.8) is 0 Å². The lowest BCUT2D eigenvalue weighted by Crippen LogP contribution is -2.44. The van der Waals surface area contributed by atoms with E-state index in [1.165, 1.54) is 37.3 Å². The van der Waals surface area contributed by atoms with Crippen molar-refractivity contribution in [2.75, 3.05) is 44.6 Å². The molecule has 0 spiro atoms. The van der Waals surface area contributed by atoms with Gasteiger partial charge in [0.15, 0.2) is 0 Å². The first kappa shape index (κ1) is 13.8. The molecule has 1 heterocycles. The van der Waals surface area contributed by atoms with Gasteiger partial charge in [0.05, 0.1) is 0 Å². The maximum atomic E-state index is 3.52. The minimum absolute atomic E-state index is 1.04. The molecule has 1 aliphatic rings. The van der Waals surface area contributed by atoms with E-state index in [0.29, 0.717) is 0 Å². The Balaban J connectivity index is 1.69. The lowest BCUT2D eigenvalue weighted by atomic mass is 10.2.